The molecule has 1 amide bonds. The number of aromatic nitrogens is 1. The Labute approximate surface area is 114 Å². The average molecular weight is 264 g/mol. The summed E-state index contributed by atoms with van der Waals surface area (Å²) in [6, 6.07) is 5.30. The van der Waals surface area contributed by atoms with Crippen LogP contribution in [0, 0.1) is 12.8 Å². The van der Waals surface area contributed by atoms with Crippen LogP contribution in [0.3, 0.4) is 0 Å². The summed E-state index contributed by atoms with van der Waals surface area (Å²) in [5, 5.41) is 2.90. The van der Waals surface area contributed by atoms with Crippen molar-refractivity contribution in [3.63, 3.8) is 0 Å². The maximum atomic E-state index is 11.6. The molecule has 1 N–H and O–H groups in total. The molecule has 1 rings (SSSR count). The van der Waals surface area contributed by atoms with Crippen molar-refractivity contribution in [2.24, 2.45) is 5.92 Å². The molecule has 0 unspecified atom stereocenters. The molecule has 0 aromatic carbocycles. The van der Waals surface area contributed by atoms with E-state index in [9.17, 15) is 9.59 Å². The summed E-state index contributed by atoms with van der Waals surface area (Å²) in [6.07, 6.45) is 2.37. The number of unbranched alkanes of at least 4 members (excludes halogenated alkanes) is 1. The highest BCUT2D eigenvalue weighted by Gasteiger charge is 2.03. The fourth-order valence-corrected chi connectivity index (χ4v) is 1.98. The zero-order valence-electron chi connectivity index (χ0n) is 12.1. The number of hydrogen-bond acceptors (Lipinski definition) is 2. The lowest BCUT2D eigenvalue weighted by molar-refractivity contribution is -0.121. The van der Waals surface area contributed by atoms with E-state index >= 15 is 0 Å². The lowest BCUT2D eigenvalue weighted by atomic mass is 10.1. The fraction of sp³-hybridized carbons (Fsp3) is 0.600. The van der Waals surface area contributed by atoms with Crippen LogP contribution in [0.25, 0.3) is 0 Å². The maximum Gasteiger partial charge on any atom is 0.250 e. The first-order valence-electron chi connectivity index (χ1n) is 6.94. The third-order valence-corrected chi connectivity index (χ3v) is 2.99. The van der Waals surface area contributed by atoms with E-state index in [2.05, 4.69) is 5.32 Å². The van der Waals surface area contributed by atoms with E-state index in [4.69, 9.17) is 0 Å². The average Bonchev–Trinajstić information content (AvgIpc) is 2.31. The second kappa shape index (κ2) is 7.77. The van der Waals surface area contributed by atoms with Gasteiger partial charge in [-0.1, -0.05) is 19.9 Å². The molecule has 0 saturated heterocycles. The zero-order valence-corrected chi connectivity index (χ0v) is 12.1. The van der Waals surface area contributed by atoms with Crippen molar-refractivity contribution in [1.82, 2.24) is 9.88 Å². The smallest absolute Gasteiger partial charge is 0.250 e. The molecule has 1 aromatic rings. The van der Waals surface area contributed by atoms with Crippen molar-refractivity contribution in [2.45, 2.75) is 46.6 Å². The minimum Gasteiger partial charge on any atom is -0.356 e. The minimum atomic E-state index is 0.0452. The minimum absolute atomic E-state index is 0.0452. The third-order valence-electron chi connectivity index (χ3n) is 2.99. The predicted molar refractivity (Wildman–Crippen MR) is 77.1 cm³/mol. The summed E-state index contributed by atoms with van der Waals surface area (Å²) in [5.41, 5.74) is 1.03. The Morgan fingerprint density at radius 1 is 1.32 bits per heavy atom. The number of pyridine rings is 1. The molecule has 106 valence electrons. The highest BCUT2D eigenvalue weighted by Crippen LogP contribution is 2.00. The fourth-order valence-electron chi connectivity index (χ4n) is 1.98. The van der Waals surface area contributed by atoms with Crippen molar-refractivity contribution < 1.29 is 4.79 Å². The van der Waals surface area contributed by atoms with Crippen molar-refractivity contribution in [3.05, 3.63) is 34.2 Å². The molecule has 4 nitrogen and oxygen atoms in total. The first kappa shape index (κ1) is 15.5. The third kappa shape index (κ3) is 5.73. The van der Waals surface area contributed by atoms with E-state index < -0.39 is 0 Å². The molecule has 1 aromatic heterocycles. The number of rotatable bonds is 7. The SMILES string of the molecule is Cc1cccc(=O)n1CCCCNC(=O)CC(C)C. The molecule has 1 heterocycles. The van der Waals surface area contributed by atoms with Gasteiger partial charge in [0.1, 0.15) is 0 Å². The molecule has 0 saturated carbocycles. The standard InChI is InChI=1S/C15H24N2O2/c1-12(2)11-14(18)16-9-4-5-10-17-13(3)7-6-8-15(17)19/h6-8,12H,4-5,9-11H2,1-3H3,(H,16,18). The summed E-state index contributed by atoms with van der Waals surface area (Å²) in [4.78, 5) is 23.1. The Kier molecular flexibility index (Phi) is 6.33. The van der Waals surface area contributed by atoms with Crippen LogP contribution in [0.15, 0.2) is 23.0 Å². The quantitative estimate of drug-likeness (QED) is 0.767. The van der Waals surface area contributed by atoms with E-state index in [1.54, 1.807) is 16.7 Å². The summed E-state index contributed by atoms with van der Waals surface area (Å²) >= 11 is 0. The number of nitrogens with zero attached hydrogens (tertiary/aromatic N) is 1. The summed E-state index contributed by atoms with van der Waals surface area (Å²) in [7, 11) is 0. The Morgan fingerprint density at radius 3 is 2.68 bits per heavy atom. The van der Waals surface area contributed by atoms with Gasteiger partial charge in [-0.25, -0.2) is 0 Å². The van der Waals surface area contributed by atoms with Gasteiger partial charge >= 0.3 is 0 Å². The monoisotopic (exact) mass is 264 g/mol. The van der Waals surface area contributed by atoms with Gasteiger partial charge in [0.25, 0.3) is 5.56 Å². The van der Waals surface area contributed by atoms with E-state index in [1.807, 2.05) is 26.8 Å². The maximum absolute atomic E-state index is 11.6. The summed E-state index contributed by atoms with van der Waals surface area (Å²) in [6.45, 7) is 7.40. The second-order valence-corrected chi connectivity index (χ2v) is 5.31. The van der Waals surface area contributed by atoms with Crippen molar-refractivity contribution >= 4 is 5.91 Å². The number of aryl methyl sites for hydroxylation is 1. The predicted octanol–water partition coefficient (Wildman–Crippen LogP) is 2.10. The van der Waals surface area contributed by atoms with Crippen LogP contribution in [0.4, 0.5) is 0 Å². The van der Waals surface area contributed by atoms with Gasteiger partial charge in [-0.3, -0.25) is 9.59 Å². The first-order chi connectivity index (χ1) is 9.00. The van der Waals surface area contributed by atoms with E-state index in [0.717, 1.165) is 18.5 Å². The van der Waals surface area contributed by atoms with Crippen molar-refractivity contribution in [2.75, 3.05) is 6.54 Å². The molecule has 19 heavy (non-hydrogen) atoms. The van der Waals surface area contributed by atoms with Gasteiger partial charge in [-0.2, -0.15) is 0 Å². The Bertz CT molecular complexity index is 463. The van der Waals surface area contributed by atoms with Crippen LogP contribution in [-0.4, -0.2) is 17.0 Å². The number of carbonyl (C=O) groups excluding carboxylic acids is 1. The molecule has 0 bridgehead atoms. The van der Waals surface area contributed by atoms with Gasteiger partial charge < -0.3 is 9.88 Å². The van der Waals surface area contributed by atoms with Crippen molar-refractivity contribution in [1.29, 1.82) is 0 Å². The van der Waals surface area contributed by atoms with Gasteiger partial charge in [-0.15, -0.1) is 0 Å². The normalized spacial score (nSPS) is 10.7. The topological polar surface area (TPSA) is 51.1 Å². The molecule has 0 aliphatic rings. The van der Waals surface area contributed by atoms with E-state index in [1.165, 1.54) is 0 Å². The van der Waals surface area contributed by atoms with Crippen LogP contribution >= 0.6 is 0 Å². The van der Waals surface area contributed by atoms with Crippen LogP contribution in [0.5, 0.6) is 0 Å². The lowest BCUT2D eigenvalue weighted by Crippen LogP contribution is -2.26. The Morgan fingerprint density at radius 2 is 2.05 bits per heavy atom. The summed E-state index contributed by atoms with van der Waals surface area (Å²) in [5.74, 6) is 0.508. The largest absolute Gasteiger partial charge is 0.356 e. The summed E-state index contributed by atoms with van der Waals surface area (Å²) < 4.78 is 1.77. The zero-order chi connectivity index (χ0) is 14.3. The molecular weight excluding hydrogens is 240 g/mol. The van der Waals surface area contributed by atoms with E-state index in [0.29, 0.717) is 25.4 Å². The van der Waals surface area contributed by atoms with Crippen molar-refractivity contribution in [3.8, 4) is 0 Å². The lowest BCUT2D eigenvalue weighted by Gasteiger charge is -2.10. The molecular formula is C15H24N2O2. The van der Waals surface area contributed by atoms with Gasteiger partial charge in [0.05, 0.1) is 0 Å². The number of carbonyl (C=O) groups is 1. The van der Waals surface area contributed by atoms with E-state index in [-0.39, 0.29) is 11.5 Å². The molecule has 0 atom stereocenters. The number of amides is 1. The highest BCUT2D eigenvalue weighted by molar-refractivity contribution is 5.75. The van der Waals surface area contributed by atoms with Gasteiger partial charge in [0.2, 0.25) is 5.91 Å². The Hall–Kier alpha value is -1.58. The van der Waals surface area contributed by atoms with Crippen LogP contribution in [0.1, 0.15) is 38.8 Å². The van der Waals surface area contributed by atoms with Crippen LogP contribution < -0.4 is 10.9 Å². The second-order valence-electron chi connectivity index (χ2n) is 5.31. The molecule has 0 radical (unpaired) electrons. The van der Waals surface area contributed by atoms with Gasteiger partial charge in [-0.05, 0) is 31.7 Å². The van der Waals surface area contributed by atoms with Crippen LogP contribution in [0.2, 0.25) is 0 Å². The molecule has 4 heteroatoms. The van der Waals surface area contributed by atoms with Crippen LogP contribution in [-0.2, 0) is 11.3 Å². The molecule has 0 aliphatic carbocycles. The molecule has 0 spiro atoms. The number of hydrogen-bond donors (Lipinski definition) is 1. The first-order valence-corrected chi connectivity index (χ1v) is 6.94. The number of nitrogens with one attached hydrogen (secondary N) is 1. The molecule has 0 fully saturated rings. The Balaban J connectivity index is 2.25. The molecule has 0 aliphatic heterocycles. The van der Waals surface area contributed by atoms with Gasteiger partial charge in [0, 0.05) is 31.3 Å². The van der Waals surface area contributed by atoms with Gasteiger partial charge in [0.15, 0.2) is 0 Å². The highest BCUT2D eigenvalue weighted by atomic mass is 16.1.